The van der Waals surface area contributed by atoms with Crippen molar-refractivity contribution < 1.29 is 72.3 Å². The van der Waals surface area contributed by atoms with E-state index in [1.165, 1.54) is 12.1 Å². The summed E-state index contributed by atoms with van der Waals surface area (Å²) in [6.45, 7) is 0. The molecule has 0 unspecified atom stereocenters. The Labute approximate surface area is 227 Å². The Morgan fingerprint density at radius 2 is 1.55 bits per heavy atom. The minimum atomic E-state index is -3.99. The molecule has 0 spiro atoms. The van der Waals surface area contributed by atoms with E-state index >= 15 is 0 Å². The number of hydrogen-bond acceptors (Lipinski definition) is 5. The molecule has 0 amide bonds. The molecule has 1 heterocycles. The molecular formula is C22H20N3Na2O3S+. The van der Waals surface area contributed by atoms with Gasteiger partial charge in [-0.05, 0) is 47.5 Å². The van der Waals surface area contributed by atoms with E-state index in [1.807, 2.05) is 59.6 Å². The maximum absolute atomic E-state index is 11.5. The van der Waals surface area contributed by atoms with Gasteiger partial charge in [0, 0.05) is 11.3 Å². The summed E-state index contributed by atoms with van der Waals surface area (Å²) < 4.78 is 28.2. The number of sulfonamides is 1. The zero-order valence-electron chi connectivity index (χ0n) is 17.8. The number of rotatable bonds is 5. The van der Waals surface area contributed by atoms with Crippen molar-refractivity contribution in [3.8, 4) is 5.75 Å². The number of benzene rings is 3. The Kier molecular flexibility index (Phi) is 9.36. The molecular weight excluding hydrogens is 432 g/mol. The summed E-state index contributed by atoms with van der Waals surface area (Å²) >= 11 is 0. The molecule has 0 aliphatic carbocycles. The van der Waals surface area contributed by atoms with Crippen LogP contribution in [-0.4, -0.2) is 21.2 Å². The molecule has 1 atom stereocenters. The van der Waals surface area contributed by atoms with Gasteiger partial charge in [-0.15, -0.1) is 0 Å². The van der Waals surface area contributed by atoms with Crippen LogP contribution in [0.1, 0.15) is 23.6 Å². The average molecular weight is 452 g/mol. The van der Waals surface area contributed by atoms with Crippen LogP contribution in [0.3, 0.4) is 0 Å². The average Bonchev–Trinajstić information content (AvgIpc) is 3.19. The van der Waals surface area contributed by atoms with Gasteiger partial charge < -0.3 is 9.88 Å². The van der Waals surface area contributed by atoms with E-state index in [4.69, 9.17) is 15.0 Å². The third-order valence-electron chi connectivity index (χ3n) is 4.93. The number of hydrogen-bond donors (Lipinski definition) is 0. The minimum absolute atomic E-state index is 0. The molecule has 9 heteroatoms. The molecule has 6 nitrogen and oxygen atoms in total. The predicted octanol–water partition coefficient (Wildman–Crippen LogP) is -1.20. The zero-order valence-corrected chi connectivity index (χ0v) is 22.6. The predicted molar refractivity (Wildman–Crippen MR) is 114 cm³/mol. The fraction of sp³-hybridized carbons (Fsp3) is 0.136. The normalized spacial score (nSPS) is 15.5. The van der Waals surface area contributed by atoms with Gasteiger partial charge in [-0.3, -0.25) is 5.01 Å². The number of methoxy groups -OCH3 is 1. The molecule has 1 aliphatic rings. The fourth-order valence-corrected chi connectivity index (χ4v) is 3.91. The van der Waals surface area contributed by atoms with Crippen LogP contribution in [0.15, 0.2) is 88.9 Å². The molecule has 3 aromatic rings. The van der Waals surface area contributed by atoms with Gasteiger partial charge in [-0.1, -0.05) is 42.5 Å². The van der Waals surface area contributed by atoms with Gasteiger partial charge in [-0.2, -0.15) is 5.10 Å². The second kappa shape index (κ2) is 11.1. The topological polar surface area (TPSA) is 82.8 Å². The van der Waals surface area contributed by atoms with E-state index in [0.717, 1.165) is 34.7 Å². The van der Waals surface area contributed by atoms with E-state index in [9.17, 15) is 8.42 Å². The van der Waals surface area contributed by atoms with Gasteiger partial charge in [0.2, 0.25) is 0 Å². The molecule has 148 valence electrons. The van der Waals surface area contributed by atoms with Crippen LogP contribution in [0, 0.1) is 0 Å². The summed E-state index contributed by atoms with van der Waals surface area (Å²) in [5, 5.41) is 14.0. The number of hydrazone groups is 1. The Hall–Kier alpha value is -1.16. The maximum atomic E-state index is 11.5. The van der Waals surface area contributed by atoms with Gasteiger partial charge in [0.15, 0.2) is 0 Å². The molecule has 0 saturated heterocycles. The van der Waals surface area contributed by atoms with Gasteiger partial charge in [-0.25, -0.2) is 8.42 Å². The van der Waals surface area contributed by atoms with Crippen molar-refractivity contribution in [2.45, 2.75) is 17.4 Å². The Morgan fingerprint density at radius 3 is 2.10 bits per heavy atom. The summed E-state index contributed by atoms with van der Waals surface area (Å²) in [6, 6.07) is 24.1. The van der Waals surface area contributed by atoms with Crippen LogP contribution in [0.2, 0.25) is 0 Å². The summed E-state index contributed by atoms with van der Waals surface area (Å²) in [5.41, 5.74) is 3.87. The molecule has 0 aromatic heterocycles. The summed E-state index contributed by atoms with van der Waals surface area (Å²) in [5.74, 6) is 0.785. The Bertz CT molecular complexity index is 1140. The van der Waals surface area contributed by atoms with E-state index in [0.29, 0.717) is 0 Å². The van der Waals surface area contributed by atoms with Crippen molar-refractivity contribution in [3.05, 3.63) is 95.1 Å². The van der Waals surface area contributed by atoms with Crippen molar-refractivity contribution in [2.75, 3.05) is 12.1 Å². The van der Waals surface area contributed by atoms with E-state index in [2.05, 4.69) is 0 Å². The Morgan fingerprint density at radius 1 is 0.935 bits per heavy atom. The molecule has 1 N–H and O–H groups in total. The largest absolute Gasteiger partial charge is 1.00 e. The SMILES string of the molecule is COc1ccc([C@@H]2CC(c3ccccc3)=NN2c2ccc(S([NH-])(=O)=O)cc2)cc1.[Na+].[Na+]. The number of nitrogens with zero attached hydrogens (tertiary/aromatic N) is 2. The molecule has 0 saturated carbocycles. The van der Waals surface area contributed by atoms with Crippen molar-refractivity contribution in [2.24, 2.45) is 5.10 Å². The first kappa shape index (κ1) is 26.1. The fourth-order valence-electron chi connectivity index (χ4n) is 3.42. The van der Waals surface area contributed by atoms with Gasteiger partial charge >= 0.3 is 59.1 Å². The Balaban J connectivity index is 0.00000171. The maximum Gasteiger partial charge on any atom is 1.00 e. The standard InChI is InChI=1S/C22H20N3O3S.2Na/c1-28-19-11-7-17(8-12-19)22-15-21(16-5-3-2-4-6-16)24-25(22)18-9-13-20(14-10-18)29(23,26)27;;/h2-14,22H,15H2,1H3,(H-,23,26,27);;/q-1;2*+1/t22-;;/m0../s1. The molecule has 31 heavy (non-hydrogen) atoms. The smallest absolute Gasteiger partial charge is 0.560 e. The molecule has 3 aromatic carbocycles. The first-order valence-corrected chi connectivity index (χ1v) is 10.6. The summed E-state index contributed by atoms with van der Waals surface area (Å²) in [6.07, 6.45) is 0.717. The number of nitrogens with one attached hydrogen (secondary N) is 1. The third kappa shape index (κ3) is 6.00. The van der Waals surface area contributed by atoms with Crippen LogP contribution in [-0.2, 0) is 10.0 Å². The van der Waals surface area contributed by atoms with Crippen LogP contribution in [0.4, 0.5) is 5.69 Å². The molecule has 0 radical (unpaired) electrons. The van der Waals surface area contributed by atoms with Gasteiger partial charge in [0.25, 0.3) is 0 Å². The number of anilines is 1. The van der Waals surface area contributed by atoms with Crippen molar-refractivity contribution in [1.29, 1.82) is 0 Å². The summed E-state index contributed by atoms with van der Waals surface area (Å²) in [7, 11) is -2.35. The quantitative estimate of drug-likeness (QED) is 0.456. The first-order valence-electron chi connectivity index (χ1n) is 9.11. The van der Waals surface area contributed by atoms with Crippen molar-refractivity contribution >= 4 is 21.4 Å². The monoisotopic (exact) mass is 452 g/mol. The third-order valence-corrected chi connectivity index (χ3v) is 5.82. The minimum Gasteiger partial charge on any atom is -0.560 e. The molecule has 0 bridgehead atoms. The van der Waals surface area contributed by atoms with Crippen LogP contribution >= 0.6 is 0 Å². The van der Waals surface area contributed by atoms with Crippen molar-refractivity contribution in [3.63, 3.8) is 0 Å². The van der Waals surface area contributed by atoms with E-state index < -0.39 is 10.0 Å². The van der Waals surface area contributed by atoms with E-state index in [1.54, 1.807) is 19.2 Å². The van der Waals surface area contributed by atoms with Crippen molar-refractivity contribution in [1.82, 2.24) is 0 Å². The first-order chi connectivity index (χ1) is 14.0. The van der Waals surface area contributed by atoms with Crippen LogP contribution in [0.5, 0.6) is 5.75 Å². The van der Waals surface area contributed by atoms with Crippen LogP contribution in [0.25, 0.3) is 5.14 Å². The van der Waals surface area contributed by atoms with Gasteiger partial charge in [0.05, 0.1) is 34.6 Å². The zero-order chi connectivity index (χ0) is 20.4. The van der Waals surface area contributed by atoms with Gasteiger partial charge in [0.1, 0.15) is 5.75 Å². The van der Waals surface area contributed by atoms with E-state index in [-0.39, 0.29) is 70.1 Å². The second-order valence-corrected chi connectivity index (χ2v) is 8.23. The second-order valence-electron chi connectivity index (χ2n) is 6.75. The molecule has 4 rings (SSSR count). The molecule has 1 aliphatic heterocycles. The molecule has 0 fully saturated rings. The number of ether oxygens (including phenoxy) is 1. The summed E-state index contributed by atoms with van der Waals surface area (Å²) in [4.78, 5) is -0.0336. The van der Waals surface area contributed by atoms with Crippen LogP contribution < -0.4 is 68.9 Å².